The van der Waals surface area contributed by atoms with Crippen molar-refractivity contribution in [1.29, 1.82) is 0 Å². The first-order valence-corrected chi connectivity index (χ1v) is 7.42. The van der Waals surface area contributed by atoms with Crippen molar-refractivity contribution in [3.8, 4) is 11.3 Å². The van der Waals surface area contributed by atoms with Gasteiger partial charge in [0, 0.05) is 17.5 Å². The van der Waals surface area contributed by atoms with E-state index in [1.165, 1.54) is 0 Å². The zero-order valence-corrected chi connectivity index (χ0v) is 13.4. The van der Waals surface area contributed by atoms with Crippen molar-refractivity contribution in [3.05, 3.63) is 42.4 Å². The lowest BCUT2D eigenvalue weighted by molar-refractivity contribution is 0.0296. The molecular formula is C17H24N2O3. The summed E-state index contributed by atoms with van der Waals surface area (Å²) in [6.07, 6.45) is 1.73. The van der Waals surface area contributed by atoms with Crippen LogP contribution in [-0.2, 0) is 0 Å². The van der Waals surface area contributed by atoms with E-state index in [4.69, 9.17) is 4.42 Å². The van der Waals surface area contributed by atoms with E-state index in [9.17, 15) is 10.2 Å². The number of oxazole rings is 1. The molecule has 0 spiro atoms. The Kier molecular flexibility index (Phi) is 5.34. The standard InChI is InChI=1S/C17H24N2O3/c1-13(19(3)10-17(2,11-20)12-21)16-18-9-15(22-16)14-7-5-4-6-8-14/h4-9,13,20-21H,10-12H2,1-3H3. The van der Waals surface area contributed by atoms with Gasteiger partial charge in [-0.1, -0.05) is 37.3 Å². The molecule has 0 fully saturated rings. The van der Waals surface area contributed by atoms with Crippen LogP contribution in [0.1, 0.15) is 25.8 Å². The SMILES string of the molecule is CC(c1ncc(-c2ccccc2)o1)N(C)CC(C)(CO)CO. The Morgan fingerprint density at radius 2 is 1.86 bits per heavy atom. The van der Waals surface area contributed by atoms with Crippen LogP contribution < -0.4 is 0 Å². The molecule has 0 saturated heterocycles. The van der Waals surface area contributed by atoms with Crippen molar-refractivity contribution < 1.29 is 14.6 Å². The van der Waals surface area contributed by atoms with Crippen molar-refractivity contribution >= 4 is 0 Å². The van der Waals surface area contributed by atoms with Crippen LogP contribution in [0.5, 0.6) is 0 Å². The van der Waals surface area contributed by atoms with Crippen molar-refractivity contribution in [2.45, 2.75) is 19.9 Å². The monoisotopic (exact) mass is 304 g/mol. The van der Waals surface area contributed by atoms with Crippen LogP contribution in [0.15, 0.2) is 40.9 Å². The molecular weight excluding hydrogens is 280 g/mol. The largest absolute Gasteiger partial charge is 0.439 e. The topological polar surface area (TPSA) is 69.7 Å². The van der Waals surface area contributed by atoms with Gasteiger partial charge in [0.25, 0.3) is 0 Å². The molecule has 0 aliphatic heterocycles. The zero-order valence-electron chi connectivity index (χ0n) is 13.4. The second kappa shape index (κ2) is 7.05. The summed E-state index contributed by atoms with van der Waals surface area (Å²) >= 11 is 0. The minimum atomic E-state index is -0.544. The molecule has 1 aromatic carbocycles. The fourth-order valence-corrected chi connectivity index (χ4v) is 2.29. The van der Waals surface area contributed by atoms with Gasteiger partial charge >= 0.3 is 0 Å². The minimum absolute atomic E-state index is 0.0464. The Hall–Kier alpha value is -1.69. The van der Waals surface area contributed by atoms with E-state index >= 15 is 0 Å². The van der Waals surface area contributed by atoms with Crippen LogP contribution in [0, 0.1) is 5.41 Å². The molecule has 0 aliphatic rings. The Morgan fingerprint density at radius 3 is 2.45 bits per heavy atom. The van der Waals surface area contributed by atoms with Crippen LogP contribution in [0.2, 0.25) is 0 Å². The highest BCUT2D eigenvalue weighted by atomic mass is 16.4. The number of aromatic nitrogens is 1. The third-order valence-corrected chi connectivity index (χ3v) is 3.99. The summed E-state index contributed by atoms with van der Waals surface area (Å²) in [5.74, 6) is 1.36. The lowest BCUT2D eigenvalue weighted by Crippen LogP contribution is -2.40. The number of aliphatic hydroxyl groups excluding tert-OH is 2. The average Bonchev–Trinajstić information content (AvgIpc) is 3.04. The highest BCUT2D eigenvalue weighted by Crippen LogP contribution is 2.27. The number of aliphatic hydroxyl groups is 2. The minimum Gasteiger partial charge on any atom is -0.439 e. The van der Waals surface area contributed by atoms with Crippen LogP contribution in [0.4, 0.5) is 0 Å². The van der Waals surface area contributed by atoms with E-state index in [-0.39, 0.29) is 19.3 Å². The summed E-state index contributed by atoms with van der Waals surface area (Å²) in [4.78, 5) is 6.38. The highest BCUT2D eigenvalue weighted by molar-refractivity contribution is 5.55. The zero-order chi connectivity index (χ0) is 16.2. The van der Waals surface area contributed by atoms with Gasteiger partial charge in [-0.15, -0.1) is 0 Å². The average molecular weight is 304 g/mol. The van der Waals surface area contributed by atoms with Gasteiger partial charge in [-0.3, -0.25) is 4.90 Å². The molecule has 1 unspecified atom stereocenters. The molecule has 1 atom stereocenters. The van der Waals surface area contributed by atoms with E-state index in [2.05, 4.69) is 4.98 Å². The van der Waals surface area contributed by atoms with Crippen molar-refractivity contribution in [3.63, 3.8) is 0 Å². The number of rotatable bonds is 7. The van der Waals surface area contributed by atoms with Crippen molar-refractivity contribution in [2.24, 2.45) is 5.41 Å². The molecule has 0 aliphatic carbocycles. The smallest absolute Gasteiger partial charge is 0.211 e. The summed E-state index contributed by atoms with van der Waals surface area (Å²) < 4.78 is 5.86. The van der Waals surface area contributed by atoms with E-state index < -0.39 is 5.41 Å². The Balaban J connectivity index is 2.10. The third kappa shape index (κ3) is 3.74. The normalized spacial score (nSPS) is 13.5. The van der Waals surface area contributed by atoms with E-state index in [0.717, 1.165) is 11.3 Å². The lowest BCUT2D eigenvalue weighted by Gasteiger charge is -2.32. The van der Waals surface area contributed by atoms with Crippen LogP contribution in [-0.4, -0.2) is 46.9 Å². The van der Waals surface area contributed by atoms with Crippen molar-refractivity contribution in [2.75, 3.05) is 26.8 Å². The van der Waals surface area contributed by atoms with E-state index in [1.54, 1.807) is 6.20 Å². The summed E-state index contributed by atoms with van der Waals surface area (Å²) in [5.41, 5.74) is 0.448. The maximum atomic E-state index is 9.41. The van der Waals surface area contributed by atoms with Gasteiger partial charge in [-0.25, -0.2) is 4.98 Å². The maximum absolute atomic E-state index is 9.41. The molecule has 120 valence electrons. The van der Waals surface area contributed by atoms with Crippen LogP contribution >= 0.6 is 0 Å². The maximum Gasteiger partial charge on any atom is 0.211 e. The Bertz CT molecular complexity index is 579. The van der Waals surface area contributed by atoms with Gasteiger partial charge in [0.05, 0.1) is 25.5 Å². The van der Waals surface area contributed by atoms with Crippen LogP contribution in [0.25, 0.3) is 11.3 Å². The molecule has 22 heavy (non-hydrogen) atoms. The molecule has 0 radical (unpaired) electrons. The predicted octanol–water partition coefficient (Wildman–Crippen LogP) is 2.33. The first-order chi connectivity index (χ1) is 10.5. The molecule has 2 rings (SSSR count). The molecule has 2 aromatic rings. The quantitative estimate of drug-likeness (QED) is 0.821. The number of nitrogens with zero attached hydrogens (tertiary/aromatic N) is 2. The van der Waals surface area contributed by atoms with Crippen molar-refractivity contribution in [1.82, 2.24) is 9.88 Å². The summed E-state index contributed by atoms with van der Waals surface area (Å²) in [6.45, 7) is 4.25. The molecule has 0 saturated carbocycles. The molecule has 1 aromatic heterocycles. The highest BCUT2D eigenvalue weighted by Gasteiger charge is 2.28. The second-order valence-electron chi connectivity index (χ2n) is 6.15. The molecule has 5 nitrogen and oxygen atoms in total. The number of hydrogen-bond donors (Lipinski definition) is 2. The first kappa shape index (κ1) is 16.7. The summed E-state index contributed by atoms with van der Waals surface area (Å²) in [5, 5.41) is 18.8. The third-order valence-electron chi connectivity index (χ3n) is 3.99. The van der Waals surface area contributed by atoms with Gasteiger partial charge < -0.3 is 14.6 Å². The summed E-state index contributed by atoms with van der Waals surface area (Å²) in [6, 6.07) is 9.79. The predicted molar refractivity (Wildman–Crippen MR) is 85.3 cm³/mol. The number of benzene rings is 1. The van der Waals surface area contributed by atoms with Crippen LogP contribution in [0.3, 0.4) is 0 Å². The number of hydrogen-bond acceptors (Lipinski definition) is 5. The molecule has 2 N–H and O–H groups in total. The molecule has 1 heterocycles. The van der Waals surface area contributed by atoms with Gasteiger partial charge in [0.1, 0.15) is 0 Å². The van der Waals surface area contributed by atoms with E-state index in [0.29, 0.717) is 12.4 Å². The van der Waals surface area contributed by atoms with E-state index in [1.807, 2.05) is 56.1 Å². The molecule has 5 heteroatoms. The van der Waals surface area contributed by atoms with Gasteiger partial charge in [0.2, 0.25) is 5.89 Å². The molecule has 0 amide bonds. The van der Waals surface area contributed by atoms with Gasteiger partial charge in [-0.05, 0) is 14.0 Å². The van der Waals surface area contributed by atoms with Gasteiger partial charge in [0.15, 0.2) is 5.76 Å². The first-order valence-electron chi connectivity index (χ1n) is 7.42. The fraction of sp³-hybridized carbons (Fsp3) is 0.471. The Labute approximate surface area is 131 Å². The summed E-state index contributed by atoms with van der Waals surface area (Å²) in [7, 11) is 1.93. The van der Waals surface area contributed by atoms with Gasteiger partial charge in [-0.2, -0.15) is 0 Å². The Morgan fingerprint density at radius 1 is 1.23 bits per heavy atom. The fourth-order valence-electron chi connectivity index (χ4n) is 2.29. The second-order valence-corrected chi connectivity index (χ2v) is 6.15. The molecule has 0 bridgehead atoms. The lowest BCUT2D eigenvalue weighted by atomic mass is 9.92.